The zero-order chi connectivity index (χ0) is 17.5. The molecule has 0 aliphatic carbocycles. The maximum Gasteiger partial charge on any atom is 0.263 e. The summed E-state index contributed by atoms with van der Waals surface area (Å²) in [6.07, 6.45) is -0.351. The standard InChI is InChI=1S/C18H16ClNO4/c1-20-15-8-5-12(19)9-14(15)18(23,17(20)22)10-16(21)11-3-6-13(24-2)7-4-11/h3-9,23H,10H2,1-2H3/t18-/m1/s1. The van der Waals surface area contributed by atoms with Crippen LogP contribution in [0.3, 0.4) is 0 Å². The van der Waals surface area contributed by atoms with Crippen molar-refractivity contribution in [2.75, 3.05) is 19.1 Å². The minimum atomic E-state index is -1.91. The molecule has 24 heavy (non-hydrogen) atoms. The van der Waals surface area contributed by atoms with Crippen LogP contribution in [0.4, 0.5) is 5.69 Å². The van der Waals surface area contributed by atoms with Gasteiger partial charge in [0.2, 0.25) is 0 Å². The number of carbonyl (C=O) groups is 2. The number of Topliss-reactive ketones (excluding diaryl/α,β-unsaturated/α-hetero) is 1. The summed E-state index contributed by atoms with van der Waals surface area (Å²) in [5.41, 5.74) is -0.611. The Labute approximate surface area is 144 Å². The first-order valence-electron chi connectivity index (χ1n) is 7.34. The number of ketones is 1. The van der Waals surface area contributed by atoms with Gasteiger partial charge in [0.15, 0.2) is 11.4 Å². The van der Waals surface area contributed by atoms with Crippen molar-refractivity contribution >= 4 is 29.0 Å². The van der Waals surface area contributed by atoms with E-state index in [0.717, 1.165) is 0 Å². The molecule has 1 aliphatic heterocycles. The lowest BCUT2D eigenvalue weighted by molar-refractivity contribution is -0.135. The molecule has 5 nitrogen and oxygen atoms in total. The fourth-order valence-electron chi connectivity index (χ4n) is 2.92. The van der Waals surface area contributed by atoms with Crippen LogP contribution in [0.1, 0.15) is 22.3 Å². The molecule has 0 saturated carbocycles. The summed E-state index contributed by atoms with van der Waals surface area (Å²) in [4.78, 5) is 26.4. The Bertz CT molecular complexity index is 818. The number of fused-ring (bicyclic) bond motifs is 1. The smallest absolute Gasteiger partial charge is 0.263 e. The lowest BCUT2D eigenvalue weighted by atomic mass is 9.88. The molecule has 0 fully saturated rings. The number of ether oxygens (including phenoxy) is 1. The summed E-state index contributed by atoms with van der Waals surface area (Å²) >= 11 is 5.99. The Kier molecular flexibility index (Phi) is 4.07. The molecule has 2 aromatic rings. The number of nitrogens with zero attached hydrogens (tertiary/aromatic N) is 1. The molecule has 1 heterocycles. The first kappa shape index (κ1) is 16.5. The number of carbonyl (C=O) groups excluding carboxylic acids is 2. The topological polar surface area (TPSA) is 66.8 Å². The van der Waals surface area contributed by atoms with Crippen LogP contribution in [0.2, 0.25) is 5.02 Å². The van der Waals surface area contributed by atoms with Gasteiger partial charge in [-0.05, 0) is 42.5 Å². The number of benzene rings is 2. The second-order valence-corrected chi connectivity index (χ2v) is 6.15. The predicted octanol–water partition coefficient (Wildman–Crippen LogP) is 2.79. The Balaban J connectivity index is 1.95. The van der Waals surface area contributed by atoms with E-state index in [0.29, 0.717) is 27.6 Å². The molecule has 0 radical (unpaired) electrons. The van der Waals surface area contributed by atoms with Crippen LogP contribution in [0.5, 0.6) is 5.75 Å². The highest BCUT2D eigenvalue weighted by atomic mass is 35.5. The maximum absolute atomic E-state index is 12.5. The van der Waals surface area contributed by atoms with Gasteiger partial charge in [-0.15, -0.1) is 0 Å². The van der Waals surface area contributed by atoms with Crippen molar-refractivity contribution in [1.82, 2.24) is 0 Å². The van der Waals surface area contributed by atoms with Crippen molar-refractivity contribution < 1.29 is 19.4 Å². The summed E-state index contributed by atoms with van der Waals surface area (Å²) < 4.78 is 5.06. The van der Waals surface area contributed by atoms with E-state index in [1.807, 2.05) is 0 Å². The van der Waals surface area contributed by atoms with Crippen molar-refractivity contribution in [2.24, 2.45) is 0 Å². The lowest BCUT2D eigenvalue weighted by Crippen LogP contribution is -2.40. The van der Waals surface area contributed by atoms with E-state index in [2.05, 4.69) is 0 Å². The molecule has 1 aliphatic rings. The normalized spacial score (nSPS) is 19.3. The number of rotatable bonds is 4. The van der Waals surface area contributed by atoms with Crippen LogP contribution < -0.4 is 9.64 Å². The fraction of sp³-hybridized carbons (Fsp3) is 0.222. The quantitative estimate of drug-likeness (QED) is 0.865. The first-order valence-corrected chi connectivity index (χ1v) is 7.72. The number of halogens is 1. The van der Waals surface area contributed by atoms with Gasteiger partial charge < -0.3 is 14.7 Å². The van der Waals surface area contributed by atoms with Crippen LogP contribution >= 0.6 is 11.6 Å². The number of methoxy groups -OCH3 is 1. The highest BCUT2D eigenvalue weighted by Crippen LogP contribution is 2.43. The molecule has 1 N–H and O–H groups in total. The number of amides is 1. The van der Waals surface area contributed by atoms with E-state index in [1.165, 1.54) is 18.1 Å². The molecular weight excluding hydrogens is 330 g/mol. The van der Waals surface area contributed by atoms with Gasteiger partial charge in [0.1, 0.15) is 5.75 Å². The Hall–Kier alpha value is -2.37. The second-order valence-electron chi connectivity index (χ2n) is 5.71. The average Bonchev–Trinajstić information content (AvgIpc) is 2.76. The summed E-state index contributed by atoms with van der Waals surface area (Å²) in [6.45, 7) is 0. The summed E-state index contributed by atoms with van der Waals surface area (Å²) in [5.74, 6) is -0.254. The second kappa shape index (κ2) is 5.92. The van der Waals surface area contributed by atoms with Crippen LogP contribution in [0, 0.1) is 0 Å². The molecule has 0 saturated heterocycles. The van der Waals surface area contributed by atoms with Crippen molar-refractivity contribution in [2.45, 2.75) is 12.0 Å². The van der Waals surface area contributed by atoms with Gasteiger partial charge in [0.25, 0.3) is 5.91 Å². The Morgan fingerprint density at radius 2 is 1.92 bits per heavy atom. The van der Waals surface area contributed by atoms with Gasteiger partial charge in [-0.2, -0.15) is 0 Å². The van der Waals surface area contributed by atoms with Crippen molar-refractivity contribution in [3.8, 4) is 5.75 Å². The van der Waals surface area contributed by atoms with E-state index in [9.17, 15) is 14.7 Å². The van der Waals surface area contributed by atoms with Crippen molar-refractivity contribution in [3.63, 3.8) is 0 Å². The lowest BCUT2D eigenvalue weighted by Gasteiger charge is -2.21. The fourth-order valence-corrected chi connectivity index (χ4v) is 3.09. The van der Waals surface area contributed by atoms with Gasteiger partial charge in [-0.25, -0.2) is 0 Å². The number of likely N-dealkylation sites (N-methyl/N-ethyl adjacent to an activating group) is 1. The van der Waals surface area contributed by atoms with E-state index >= 15 is 0 Å². The van der Waals surface area contributed by atoms with Crippen LogP contribution in [-0.4, -0.2) is 31.0 Å². The Morgan fingerprint density at radius 1 is 1.25 bits per heavy atom. The molecule has 0 bridgehead atoms. The monoisotopic (exact) mass is 345 g/mol. The molecule has 0 unspecified atom stereocenters. The van der Waals surface area contributed by atoms with Crippen molar-refractivity contribution in [3.05, 3.63) is 58.6 Å². The number of hydrogen-bond acceptors (Lipinski definition) is 4. The third-order valence-electron chi connectivity index (χ3n) is 4.25. The van der Waals surface area contributed by atoms with Gasteiger partial charge in [0, 0.05) is 23.2 Å². The highest BCUT2D eigenvalue weighted by Gasteiger charge is 2.49. The van der Waals surface area contributed by atoms with E-state index in [4.69, 9.17) is 16.3 Å². The predicted molar refractivity (Wildman–Crippen MR) is 90.7 cm³/mol. The third kappa shape index (κ3) is 2.56. The highest BCUT2D eigenvalue weighted by molar-refractivity contribution is 6.31. The zero-order valence-electron chi connectivity index (χ0n) is 13.2. The molecule has 124 valence electrons. The van der Waals surface area contributed by atoms with Crippen LogP contribution in [0.25, 0.3) is 0 Å². The minimum absolute atomic E-state index is 0.338. The summed E-state index contributed by atoms with van der Waals surface area (Å²) in [5, 5.41) is 11.3. The van der Waals surface area contributed by atoms with Gasteiger partial charge in [-0.3, -0.25) is 9.59 Å². The molecule has 0 aromatic heterocycles. The Morgan fingerprint density at radius 3 is 2.54 bits per heavy atom. The van der Waals surface area contributed by atoms with Crippen LogP contribution in [-0.2, 0) is 10.4 Å². The number of aliphatic hydroxyl groups is 1. The molecule has 0 spiro atoms. The minimum Gasteiger partial charge on any atom is -0.497 e. The summed E-state index contributed by atoms with van der Waals surface area (Å²) in [6, 6.07) is 11.3. The molecule has 3 rings (SSSR count). The van der Waals surface area contributed by atoms with E-state index in [-0.39, 0.29) is 12.2 Å². The van der Waals surface area contributed by atoms with E-state index in [1.54, 1.807) is 43.4 Å². The summed E-state index contributed by atoms with van der Waals surface area (Å²) in [7, 11) is 3.10. The number of anilines is 1. The largest absolute Gasteiger partial charge is 0.497 e. The molecule has 1 amide bonds. The molecule has 6 heteroatoms. The van der Waals surface area contributed by atoms with Gasteiger partial charge in [0.05, 0.1) is 19.2 Å². The molecule has 1 atom stereocenters. The van der Waals surface area contributed by atoms with Crippen LogP contribution in [0.15, 0.2) is 42.5 Å². The average molecular weight is 346 g/mol. The maximum atomic E-state index is 12.5. The first-order chi connectivity index (χ1) is 11.4. The number of hydrogen-bond donors (Lipinski definition) is 1. The third-order valence-corrected chi connectivity index (χ3v) is 4.49. The SMILES string of the molecule is COc1ccc(C(=O)C[C@]2(O)C(=O)N(C)c3ccc(Cl)cc32)cc1. The molecule has 2 aromatic carbocycles. The van der Waals surface area contributed by atoms with E-state index < -0.39 is 11.5 Å². The molecular formula is C18H16ClNO4. The zero-order valence-corrected chi connectivity index (χ0v) is 14.0. The van der Waals surface area contributed by atoms with Gasteiger partial charge in [-0.1, -0.05) is 11.6 Å². The van der Waals surface area contributed by atoms with Crippen molar-refractivity contribution in [1.29, 1.82) is 0 Å². The van der Waals surface area contributed by atoms with Gasteiger partial charge >= 0.3 is 0 Å².